The van der Waals surface area contributed by atoms with Crippen molar-refractivity contribution in [1.82, 2.24) is 5.32 Å². The van der Waals surface area contributed by atoms with Crippen LogP contribution >= 0.6 is 0 Å². The maximum Gasteiger partial charge on any atom is 0.330 e. The standard InChI is InChI=1S/C9H8FNO4/c10-6-3-5(1-2-7(6)13)8(9(14)15)11-4-12/h1-4,8,13H,(H,11,12)(H,14,15). The SMILES string of the molecule is O=CNC(C(=O)O)c1ccc(O)c(F)c1. The molecule has 0 bridgehead atoms. The first-order valence-electron chi connectivity index (χ1n) is 3.97. The highest BCUT2D eigenvalue weighted by atomic mass is 19.1. The molecule has 1 amide bonds. The van der Waals surface area contributed by atoms with Gasteiger partial charge in [0.1, 0.15) is 0 Å². The van der Waals surface area contributed by atoms with Crippen LogP contribution in [0.5, 0.6) is 5.75 Å². The van der Waals surface area contributed by atoms with Crippen LogP contribution in [0.2, 0.25) is 0 Å². The number of phenolic OH excluding ortho intramolecular Hbond substituents is 1. The van der Waals surface area contributed by atoms with E-state index in [2.05, 4.69) is 0 Å². The van der Waals surface area contributed by atoms with Crippen LogP contribution in [0.4, 0.5) is 4.39 Å². The van der Waals surface area contributed by atoms with Gasteiger partial charge < -0.3 is 15.5 Å². The average molecular weight is 213 g/mol. The zero-order valence-electron chi connectivity index (χ0n) is 7.48. The third-order valence-corrected chi connectivity index (χ3v) is 1.79. The van der Waals surface area contributed by atoms with Crippen LogP contribution in [0, 0.1) is 5.82 Å². The highest BCUT2D eigenvalue weighted by Crippen LogP contribution is 2.20. The van der Waals surface area contributed by atoms with Crippen molar-refractivity contribution < 1.29 is 24.2 Å². The summed E-state index contributed by atoms with van der Waals surface area (Å²) in [5.41, 5.74) is 0.0462. The van der Waals surface area contributed by atoms with Gasteiger partial charge in [0, 0.05) is 0 Å². The lowest BCUT2D eigenvalue weighted by molar-refractivity contribution is -0.140. The third kappa shape index (κ3) is 2.43. The number of rotatable bonds is 4. The fourth-order valence-electron chi connectivity index (χ4n) is 1.08. The number of hydrogen-bond donors (Lipinski definition) is 3. The molecule has 3 N–H and O–H groups in total. The summed E-state index contributed by atoms with van der Waals surface area (Å²) in [4.78, 5) is 20.8. The highest BCUT2D eigenvalue weighted by Gasteiger charge is 2.19. The van der Waals surface area contributed by atoms with Gasteiger partial charge in [-0.2, -0.15) is 0 Å². The second-order valence-electron chi connectivity index (χ2n) is 2.77. The molecule has 1 aromatic carbocycles. The van der Waals surface area contributed by atoms with E-state index in [0.29, 0.717) is 0 Å². The first-order chi connectivity index (χ1) is 7.06. The summed E-state index contributed by atoms with van der Waals surface area (Å²) < 4.78 is 12.9. The van der Waals surface area contributed by atoms with E-state index in [1.165, 1.54) is 6.07 Å². The van der Waals surface area contributed by atoms with Crippen molar-refractivity contribution in [3.05, 3.63) is 29.6 Å². The monoisotopic (exact) mass is 213 g/mol. The molecule has 15 heavy (non-hydrogen) atoms. The fraction of sp³-hybridized carbons (Fsp3) is 0.111. The Balaban J connectivity index is 3.06. The van der Waals surface area contributed by atoms with Crippen molar-refractivity contribution in [1.29, 1.82) is 0 Å². The number of hydrogen-bond acceptors (Lipinski definition) is 3. The van der Waals surface area contributed by atoms with Crippen molar-refractivity contribution in [2.45, 2.75) is 6.04 Å². The Kier molecular flexibility index (Phi) is 3.22. The van der Waals surface area contributed by atoms with Gasteiger partial charge in [0.05, 0.1) is 0 Å². The van der Waals surface area contributed by atoms with Crippen molar-refractivity contribution >= 4 is 12.4 Å². The second-order valence-corrected chi connectivity index (χ2v) is 2.77. The maximum absolute atomic E-state index is 12.9. The lowest BCUT2D eigenvalue weighted by Gasteiger charge is -2.11. The molecule has 0 aliphatic heterocycles. The quantitative estimate of drug-likeness (QED) is 0.632. The largest absolute Gasteiger partial charge is 0.505 e. The van der Waals surface area contributed by atoms with E-state index in [1.807, 2.05) is 5.32 Å². The summed E-state index contributed by atoms with van der Waals surface area (Å²) in [6.45, 7) is 0. The van der Waals surface area contributed by atoms with Gasteiger partial charge in [-0.05, 0) is 17.7 Å². The van der Waals surface area contributed by atoms with E-state index in [-0.39, 0.29) is 12.0 Å². The number of carbonyl (C=O) groups excluding carboxylic acids is 1. The van der Waals surface area contributed by atoms with E-state index >= 15 is 0 Å². The van der Waals surface area contributed by atoms with Gasteiger partial charge in [0.15, 0.2) is 17.6 Å². The molecule has 0 saturated carbocycles. The van der Waals surface area contributed by atoms with Crippen LogP contribution in [-0.2, 0) is 9.59 Å². The Morgan fingerprint density at radius 1 is 1.53 bits per heavy atom. The van der Waals surface area contributed by atoms with Gasteiger partial charge in [-0.25, -0.2) is 9.18 Å². The number of benzene rings is 1. The predicted octanol–water partition coefficient (Wildman–Crippen LogP) is 0.403. The zero-order chi connectivity index (χ0) is 11.4. The van der Waals surface area contributed by atoms with E-state index in [9.17, 15) is 14.0 Å². The summed E-state index contributed by atoms with van der Waals surface area (Å²) in [6, 6.07) is 1.77. The fourth-order valence-corrected chi connectivity index (χ4v) is 1.08. The van der Waals surface area contributed by atoms with Crippen LogP contribution in [0.3, 0.4) is 0 Å². The summed E-state index contributed by atoms with van der Waals surface area (Å²) in [6.07, 6.45) is 0.212. The minimum Gasteiger partial charge on any atom is -0.505 e. The number of halogens is 1. The number of carbonyl (C=O) groups is 2. The highest BCUT2D eigenvalue weighted by molar-refractivity contribution is 5.78. The molecule has 1 aromatic rings. The summed E-state index contributed by atoms with van der Waals surface area (Å²) in [7, 11) is 0. The minimum atomic E-state index is -1.32. The number of amides is 1. The smallest absolute Gasteiger partial charge is 0.330 e. The van der Waals surface area contributed by atoms with Gasteiger partial charge in [0.25, 0.3) is 0 Å². The van der Waals surface area contributed by atoms with Crippen LogP contribution < -0.4 is 5.32 Å². The Hall–Kier alpha value is -2.11. The van der Waals surface area contributed by atoms with Gasteiger partial charge in [-0.3, -0.25) is 4.79 Å². The molecule has 80 valence electrons. The van der Waals surface area contributed by atoms with Crippen LogP contribution in [0.15, 0.2) is 18.2 Å². The van der Waals surface area contributed by atoms with Crippen LogP contribution in [-0.4, -0.2) is 22.6 Å². The molecule has 0 fully saturated rings. The van der Waals surface area contributed by atoms with Crippen LogP contribution in [0.25, 0.3) is 0 Å². The number of carboxylic acid groups (broad SMARTS) is 1. The molecular weight excluding hydrogens is 205 g/mol. The molecule has 0 aliphatic rings. The van der Waals surface area contributed by atoms with Crippen molar-refractivity contribution in [2.75, 3.05) is 0 Å². The second kappa shape index (κ2) is 4.41. The van der Waals surface area contributed by atoms with Gasteiger partial charge in [-0.15, -0.1) is 0 Å². The summed E-state index contributed by atoms with van der Waals surface area (Å²) in [5, 5.41) is 19.6. The minimum absolute atomic E-state index is 0.0462. The summed E-state index contributed by atoms with van der Waals surface area (Å²) in [5.74, 6) is -2.83. The van der Waals surface area contributed by atoms with Crippen molar-refractivity contribution in [3.8, 4) is 5.75 Å². The van der Waals surface area contributed by atoms with Crippen molar-refractivity contribution in [3.63, 3.8) is 0 Å². The molecule has 0 spiro atoms. The van der Waals surface area contributed by atoms with Gasteiger partial charge in [0.2, 0.25) is 6.41 Å². The molecule has 0 radical (unpaired) electrons. The molecule has 5 nitrogen and oxygen atoms in total. The summed E-state index contributed by atoms with van der Waals surface area (Å²) >= 11 is 0. The Labute approximate surface area is 84.2 Å². The lowest BCUT2D eigenvalue weighted by atomic mass is 10.1. The molecule has 0 heterocycles. The lowest BCUT2D eigenvalue weighted by Crippen LogP contribution is -2.27. The number of aromatic hydroxyl groups is 1. The van der Waals surface area contributed by atoms with E-state index in [0.717, 1.165) is 12.1 Å². The first kappa shape index (κ1) is 11.0. The molecular formula is C9H8FNO4. The number of carboxylic acids is 1. The Morgan fingerprint density at radius 3 is 2.67 bits per heavy atom. The van der Waals surface area contributed by atoms with Gasteiger partial charge >= 0.3 is 5.97 Å². The van der Waals surface area contributed by atoms with E-state index < -0.39 is 23.6 Å². The normalized spacial score (nSPS) is 11.8. The maximum atomic E-state index is 12.9. The number of nitrogens with one attached hydrogen (secondary N) is 1. The molecule has 1 unspecified atom stereocenters. The van der Waals surface area contributed by atoms with Crippen LogP contribution in [0.1, 0.15) is 11.6 Å². The molecule has 1 atom stereocenters. The Bertz CT molecular complexity index is 394. The van der Waals surface area contributed by atoms with Gasteiger partial charge in [-0.1, -0.05) is 6.07 Å². The third-order valence-electron chi connectivity index (χ3n) is 1.79. The van der Waals surface area contributed by atoms with Crippen molar-refractivity contribution in [2.24, 2.45) is 0 Å². The number of phenols is 1. The molecule has 0 saturated heterocycles. The molecule has 6 heteroatoms. The number of aliphatic carboxylic acids is 1. The Morgan fingerprint density at radius 2 is 2.20 bits per heavy atom. The average Bonchev–Trinajstić information content (AvgIpc) is 2.18. The predicted molar refractivity (Wildman–Crippen MR) is 47.6 cm³/mol. The molecule has 0 aliphatic carbocycles. The molecule has 1 rings (SSSR count). The first-order valence-corrected chi connectivity index (χ1v) is 3.97. The topological polar surface area (TPSA) is 86.6 Å². The van der Waals surface area contributed by atoms with E-state index in [4.69, 9.17) is 10.2 Å². The zero-order valence-corrected chi connectivity index (χ0v) is 7.48. The van der Waals surface area contributed by atoms with E-state index in [1.54, 1.807) is 0 Å². The molecule has 0 aromatic heterocycles.